The third kappa shape index (κ3) is 4.27. The van der Waals surface area contributed by atoms with E-state index in [1.54, 1.807) is 24.3 Å². The average Bonchev–Trinajstić information content (AvgIpc) is 2.92. The van der Waals surface area contributed by atoms with Crippen LogP contribution in [0.5, 0.6) is 5.75 Å². The number of amides is 4. The van der Waals surface area contributed by atoms with Crippen molar-refractivity contribution in [1.82, 2.24) is 10.2 Å². The van der Waals surface area contributed by atoms with E-state index in [0.717, 1.165) is 24.2 Å². The Bertz CT molecular complexity index is 726. The van der Waals surface area contributed by atoms with Crippen LogP contribution in [-0.2, 0) is 9.59 Å². The molecule has 0 radical (unpaired) electrons. The highest BCUT2D eigenvalue weighted by molar-refractivity contribution is 6.10. The first kappa shape index (κ1) is 20.1. The highest BCUT2D eigenvalue weighted by Gasteiger charge is 2.52. The Morgan fingerprint density at radius 2 is 1.96 bits per heavy atom. The zero-order valence-electron chi connectivity index (χ0n) is 16.2. The van der Waals surface area contributed by atoms with Crippen LogP contribution < -0.4 is 21.1 Å². The van der Waals surface area contributed by atoms with Crippen LogP contribution in [0.1, 0.15) is 39.0 Å². The molecule has 4 N–H and O–H groups in total. The summed E-state index contributed by atoms with van der Waals surface area (Å²) in [5.74, 6) is 0.554. The normalized spacial score (nSPS) is 24.4. The Labute approximate surface area is 164 Å². The molecule has 4 amide bonds. The maximum absolute atomic E-state index is 12.9. The number of rotatable bonds is 7. The zero-order chi connectivity index (χ0) is 20.1. The van der Waals surface area contributed by atoms with Gasteiger partial charge in [0.25, 0.3) is 5.91 Å². The number of anilines is 1. The number of nitrogens with one attached hydrogen (secondary N) is 2. The molecule has 8 nitrogen and oxygen atoms in total. The molecule has 1 aliphatic heterocycles. The fourth-order valence-corrected chi connectivity index (χ4v) is 3.89. The maximum atomic E-state index is 12.9. The van der Waals surface area contributed by atoms with Crippen molar-refractivity contribution in [2.24, 2.45) is 11.7 Å². The van der Waals surface area contributed by atoms with E-state index in [1.807, 2.05) is 0 Å². The van der Waals surface area contributed by atoms with Gasteiger partial charge in [-0.05, 0) is 55.9 Å². The number of ether oxygens (including phenoxy) is 1. The van der Waals surface area contributed by atoms with Gasteiger partial charge >= 0.3 is 6.03 Å². The van der Waals surface area contributed by atoms with Crippen LogP contribution in [0.2, 0.25) is 0 Å². The molecule has 1 saturated carbocycles. The van der Waals surface area contributed by atoms with E-state index in [1.165, 1.54) is 0 Å². The number of urea groups is 1. The summed E-state index contributed by atoms with van der Waals surface area (Å²) in [6, 6.07) is 6.35. The smallest absolute Gasteiger partial charge is 0.325 e. The van der Waals surface area contributed by atoms with Gasteiger partial charge < -0.3 is 21.1 Å². The number of carbonyl (C=O) groups excluding carboxylic acids is 3. The summed E-state index contributed by atoms with van der Waals surface area (Å²) in [7, 11) is 0. The van der Waals surface area contributed by atoms with Gasteiger partial charge in [0.2, 0.25) is 5.91 Å². The van der Waals surface area contributed by atoms with Crippen LogP contribution in [0.3, 0.4) is 0 Å². The lowest BCUT2D eigenvalue weighted by Gasteiger charge is -2.34. The standard InChI is InChI=1S/C20H28N4O4/c1-2-14-7-9-20(10-8-14)18(26)24(19(27)23-20)13-17(25)22-15-3-5-16(6-4-15)28-12-11-21/h3-6,14H,2,7-13,21H2,1H3,(H,22,25)(H,23,27). The summed E-state index contributed by atoms with van der Waals surface area (Å²) in [5, 5.41) is 5.55. The van der Waals surface area contributed by atoms with Crippen LogP contribution in [0.4, 0.5) is 10.5 Å². The van der Waals surface area contributed by atoms with Gasteiger partial charge in [-0.15, -0.1) is 0 Å². The van der Waals surface area contributed by atoms with E-state index >= 15 is 0 Å². The van der Waals surface area contributed by atoms with Crippen molar-refractivity contribution in [2.45, 2.75) is 44.6 Å². The molecular formula is C20H28N4O4. The van der Waals surface area contributed by atoms with Crippen molar-refractivity contribution in [3.63, 3.8) is 0 Å². The SMILES string of the molecule is CCC1CCC2(CC1)NC(=O)N(CC(=O)Nc1ccc(OCCN)cc1)C2=O. The predicted molar refractivity (Wildman–Crippen MR) is 105 cm³/mol. The molecule has 1 heterocycles. The van der Waals surface area contributed by atoms with Gasteiger partial charge in [0.15, 0.2) is 0 Å². The first-order valence-electron chi connectivity index (χ1n) is 9.84. The lowest BCUT2D eigenvalue weighted by molar-refractivity contribution is -0.135. The number of hydrogen-bond acceptors (Lipinski definition) is 5. The second-order valence-electron chi connectivity index (χ2n) is 7.46. The number of nitrogens with zero attached hydrogens (tertiary/aromatic N) is 1. The molecule has 0 atom stereocenters. The van der Waals surface area contributed by atoms with E-state index in [-0.39, 0.29) is 12.5 Å². The lowest BCUT2D eigenvalue weighted by atomic mass is 9.75. The molecule has 2 fully saturated rings. The monoisotopic (exact) mass is 388 g/mol. The second kappa shape index (κ2) is 8.60. The van der Waals surface area contributed by atoms with Gasteiger partial charge in [-0.3, -0.25) is 14.5 Å². The first-order chi connectivity index (χ1) is 13.5. The van der Waals surface area contributed by atoms with E-state index in [2.05, 4.69) is 17.6 Å². The average molecular weight is 388 g/mol. The van der Waals surface area contributed by atoms with Crippen LogP contribution >= 0.6 is 0 Å². The summed E-state index contributed by atoms with van der Waals surface area (Å²) in [6.07, 6.45) is 4.19. The van der Waals surface area contributed by atoms with Crippen molar-refractivity contribution in [3.05, 3.63) is 24.3 Å². The largest absolute Gasteiger partial charge is 0.492 e. The molecule has 0 unspecified atom stereocenters. The fraction of sp³-hybridized carbons (Fsp3) is 0.550. The minimum Gasteiger partial charge on any atom is -0.492 e. The number of nitrogens with two attached hydrogens (primary N) is 1. The van der Waals surface area contributed by atoms with Crippen LogP contribution in [-0.4, -0.2) is 48.0 Å². The Morgan fingerprint density at radius 3 is 2.57 bits per heavy atom. The molecule has 3 rings (SSSR count). The molecule has 8 heteroatoms. The molecule has 1 saturated heterocycles. The van der Waals surface area contributed by atoms with Gasteiger partial charge in [0.05, 0.1) is 0 Å². The Kier molecular flexibility index (Phi) is 6.18. The van der Waals surface area contributed by atoms with Crippen LogP contribution in [0.15, 0.2) is 24.3 Å². The quantitative estimate of drug-likeness (QED) is 0.617. The van der Waals surface area contributed by atoms with Gasteiger partial charge in [-0.1, -0.05) is 13.3 Å². The molecule has 28 heavy (non-hydrogen) atoms. The number of carbonyl (C=O) groups is 3. The molecular weight excluding hydrogens is 360 g/mol. The molecule has 2 aliphatic rings. The Morgan fingerprint density at radius 1 is 1.29 bits per heavy atom. The maximum Gasteiger partial charge on any atom is 0.325 e. The van der Waals surface area contributed by atoms with Gasteiger partial charge in [-0.2, -0.15) is 0 Å². The summed E-state index contributed by atoms with van der Waals surface area (Å²) in [5.41, 5.74) is 5.13. The molecule has 1 aliphatic carbocycles. The third-order valence-corrected chi connectivity index (χ3v) is 5.61. The van der Waals surface area contributed by atoms with Gasteiger partial charge in [-0.25, -0.2) is 4.79 Å². The highest BCUT2D eigenvalue weighted by atomic mass is 16.5. The third-order valence-electron chi connectivity index (χ3n) is 5.61. The van der Waals surface area contributed by atoms with Crippen LogP contribution in [0.25, 0.3) is 0 Å². The minimum atomic E-state index is -0.828. The molecule has 1 aromatic carbocycles. The van der Waals surface area contributed by atoms with E-state index < -0.39 is 17.5 Å². The fourth-order valence-electron chi connectivity index (χ4n) is 3.89. The highest BCUT2D eigenvalue weighted by Crippen LogP contribution is 2.37. The predicted octanol–water partition coefficient (Wildman–Crippen LogP) is 1.85. The van der Waals surface area contributed by atoms with E-state index in [9.17, 15) is 14.4 Å². The molecule has 0 bridgehead atoms. The summed E-state index contributed by atoms with van der Waals surface area (Å²) < 4.78 is 5.39. The number of hydrogen-bond donors (Lipinski definition) is 3. The topological polar surface area (TPSA) is 114 Å². The molecule has 1 spiro atoms. The summed E-state index contributed by atoms with van der Waals surface area (Å²) in [6.45, 7) is 2.68. The second-order valence-corrected chi connectivity index (χ2v) is 7.46. The van der Waals surface area contributed by atoms with Crippen molar-refractivity contribution >= 4 is 23.5 Å². The van der Waals surface area contributed by atoms with E-state index in [0.29, 0.717) is 43.3 Å². The van der Waals surface area contributed by atoms with Crippen molar-refractivity contribution in [1.29, 1.82) is 0 Å². The molecule has 0 aromatic heterocycles. The first-order valence-corrected chi connectivity index (χ1v) is 9.84. The number of benzene rings is 1. The van der Waals surface area contributed by atoms with Crippen molar-refractivity contribution < 1.29 is 19.1 Å². The Hall–Kier alpha value is -2.61. The summed E-state index contributed by atoms with van der Waals surface area (Å²) in [4.78, 5) is 38.6. The van der Waals surface area contributed by atoms with Crippen LogP contribution in [0, 0.1) is 5.92 Å². The number of imide groups is 1. The van der Waals surface area contributed by atoms with Gasteiger partial charge in [0.1, 0.15) is 24.4 Å². The minimum absolute atomic E-state index is 0.285. The van der Waals surface area contributed by atoms with Crippen molar-refractivity contribution in [3.8, 4) is 5.75 Å². The van der Waals surface area contributed by atoms with E-state index in [4.69, 9.17) is 10.5 Å². The summed E-state index contributed by atoms with van der Waals surface area (Å²) >= 11 is 0. The lowest BCUT2D eigenvalue weighted by Crippen LogP contribution is -2.49. The zero-order valence-corrected chi connectivity index (χ0v) is 16.2. The molecule has 1 aromatic rings. The van der Waals surface area contributed by atoms with Crippen molar-refractivity contribution in [2.75, 3.05) is 25.0 Å². The molecule has 152 valence electrons. The Balaban J connectivity index is 1.56. The van der Waals surface area contributed by atoms with Gasteiger partial charge in [0, 0.05) is 12.2 Å².